The minimum Gasteiger partial charge on any atom is -0.394 e. The number of aromatic nitrogens is 2. The molecule has 1 aromatic heterocycles. The van der Waals surface area contributed by atoms with Crippen molar-refractivity contribution in [2.24, 2.45) is 5.11 Å². The van der Waals surface area contributed by atoms with Crippen LogP contribution in [-0.4, -0.2) is 33.4 Å². The Hall–Kier alpha value is -1.80. The summed E-state index contributed by atoms with van der Waals surface area (Å²) in [5.74, 6) is 0. The van der Waals surface area contributed by atoms with Crippen molar-refractivity contribution in [2.45, 2.75) is 31.7 Å². The topological polar surface area (TPSA) is 121 Å². The van der Waals surface area contributed by atoms with Crippen LogP contribution in [0.1, 0.15) is 18.2 Å². The highest BCUT2D eigenvalue weighted by Gasteiger charge is 2.36. The number of hydrogen-bond acceptors (Lipinski definition) is 6. The van der Waals surface area contributed by atoms with Crippen LogP contribution >= 0.6 is 0 Å². The van der Waals surface area contributed by atoms with Crippen molar-refractivity contribution in [3.63, 3.8) is 0 Å². The Kier molecular flexibility index (Phi) is 3.39. The van der Waals surface area contributed by atoms with Crippen molar-refractivity contribution in [2.75, 3.05) is 6.61 Å². The fourth-order valence-corrected chi connectivity index (χ4v) is 1.99. The van der Waals surface area contributed by atoms with E-state index >= 15 is 0 Å². The van der Waals surface area contributed by atoms with E-state index in [4.69, 9.17) is 15.4 Å². The van der Waals surface area contributed by atoms with Crippen molar-refractivity contribution >= 4 is 0 Å². The number of aryl methyl sites for hydroxylation is 1. The lowest BCUT2D eigenvalue weighted by atomic mass is 10.1. The molecule has 1 unspecified atom stereocenters. The van der Waals surface area contributed by atoms with Gasteiger partial charge in [-0.1, -0.05) is 0 Å². The van der Waals surface area contributed by atoms with Crippen molar-refractivity contribution in [1.82, 2.24) is 9.55 Å². The fourth-order valence-electron chi connectivity index (χ4n) is 1.99. The van der Waals surface area contributed by atoms with Crippen molar-refractivity contribution in [1.29, 1.82) is 5.53 Å². The summed E-state index contributed by atoms with van der Waals surface area (Å²) in [5, 5.41) is 12.4. The van der Waals surface area contributed by atoms with Crippen LogP contribution in [0.3, 0.4) is 0 Å². The van der Waals surface area contributed by atoms with Gasteiger partial charge < -0.3 is 9.84 Å². The molecule has 0 amide bonds. The lowest BCUT2D eigenvalue weighted by Gasteiger charge is -2.14. The average molecular weight is 254 g/mol. The summed E-state index contributed by atoms with van der Waals surface area (Å²) in [7, 11) is 0. The first-order chi connectivity index (χ1) is 8.56. The van der Waals surface area contributed by atoms with Gasteiger partial charge in [0.1, 0.15) is 18.4 Å². The molecule has 8 heteroatoms. The van der Waals surface area contributed by atoms with Crippen LogP contribution in [0.4, 0.5) is 0 Å². The highest BCUT2D eigenvalue weighted by molar-refractivity contribution is 5.02. The van der Waals surface area contributed by atoms with Gasteiger partial charge in [-0.25, -0.2) is 10.3 Å². The third kappa shape index (κ3) is 2.12. The minimum absolute atomic E-state index is 0.263. The van der Waals surface area contributed by atoms with Gasteiger partial charge in [-0.15, -0.1) is 0 Å². The third-order valence-corrected chi connectivity index (χ3v) is 3.01. The zero-order valence-electron chi connectivity index (χ0n) is 9.79. The lowest BCUT2D eigenvalue weighted by molar-refractivity contribution is -0.0275. The number of aliphatic hydroxyl groups excluding tert-OH is 1. The maximum atomic E-state index is 11.7. The summed E-state index contributed by atoms with van der Waals surface area (Å²) in [6.45, 7) is 1.32. The second kappa shape index (κ2) is 4.83. The van der Waals surface area contributed by atoms with Crippen LogP contribution in [0, 0.1) is 12.5 Å². The standard InChI is InChI=1S/C10H14N4O4/c1-5-3-14(10(17)12-9(5)16)8-2-6(13-11)7(4-15)18-8/h3,6-8,11,15H,2,4H2,1H3,(H,12,16,17)/t6?,7-,8-/m1/s1. The van der Waals surface area contributed by atoms with Crippen molar-refractivity contribution in [3.05, 3.63) is 32.6 Å². The zero-order valence-corrected chi connectivity index (χ0v) is 9.79. The number of aliphatic hydroxyl groups is 1. The molecule has 3 N–H and O–H groups in total. The molecule has 1 aliphatic heterocycles. The van der Waals surface area contributed by atoms with Crippen molar-refractivity contribution in [3.8, 4) is 0 Å². The van der Waals surface area contributed by atoms with Gasteiger partial charge in [0.25, 0.3) is 5.56 Å². The molecule has 2 rings (SSSR count). The molecule has 18 heavy (non-hydrogen) atoms. The second-order valence-electron chi connectivity index (χ2n) is 4.22. The Morgan fingerprint density at radius 3 is 2.94 bits per heavy atom. The molecule has 1 aliphatic rings. The minimum atomic E-state index is -0.621. The summed E-state index contributed by atoms with van der Waals surface area (Å²) in [6, 6.07) is -0.473. The smallest absolute Gasteiger partial charge is 0.330 e. The predicted molar refractivity (Wildman–Crippen MR) is 60.6 cm³/mol. The predicted octanol–water partition coefficient (Wildman–Crippen LogP) is -0.476. The fraction of sp³-hybridized carbons (Fsp3) is 0.600. The zero-order chi connectivity index (χ0) is 13.3. The Balaban J connectivity index is 2.34. The van der Waals surface area contributed by atoms with Gasteiger partial charge >= 0.3 is 5.69 Å². The quantitative estimate of drug-likeness (QED) is 0.631. The Bertz CT molecular complexity index is 564. The lowest BCUT2D eigenvalue weighted by Crippen LogP contribution is -2.33. The molecule has 0 aliphatic carbocycles. The first kappa shape index (κ1) is 12.7. The Morgan fingerprint density at radius 1 is 1.67 bits per heavy atom. The summed E-state index contributed by atoms with van der Waals surface area (Å²) in [4.78, 5) is 25.1. The SMILES string of the molecule is Cc1cn([C@H]2CC(N=N)[C@@H](CO)O2)c(=O)[nH]c1=O. The first-order valence-corrected chi connectivity index (χ1v) is 5.51. The molecule has 0 radical (unpaired) electrons. The number of nitrogens with one attached hydrogen (secondary N) is 2. The molecule has 0 saturated carbocycles. The van der Waals surface area contributed by atoms with E-state index in [1.54, 1.807) is 6.92 Å². The van der Waals surface area contributed by atoms with Crippen LogP contribution < -0.4 is 11.2 Å². The van der Waals surface area contributed by atoms with Gasteiger partial charge in [-0.05, 0) is 6.92 Å². The molecule has 0 bridgehead atoms. The molecule has 1 aromatic rings. The van der Waals surface area contributed by atoms with Gasteiger partial charge in [-0.3, -0.25) is 14.3 Å². The molecule has 8 nitrogen and oxygen atoms in total. The van der Waals surface area contributed by atoms with Gasteiger partial charge in [0.2, 0.25) is 0 Å². The normalized spacial score (nSPS) is 27.3. The highest BCUT2D eigenvalue weighted by Crippen LogP contribution is 2.29. The molecular formula is C10H14N4O4. The Morgan fingerprint density at radius 2 is 2.39 bits per heavy atom. The molecule has 3 atom stereocenters. The van der Waals surface area contributed by atoms with E-state index in [2.05, 4.69) is 10.1 Å². The maximum Gasteiger partial charge on any atom is 0.330 e. The van der Waals surface area contributed by atoms with E-state index < -0.39 is 29.6 Å². The Labute approximate surface area is 102 Å². The summed E-state index contributed by atoms with van der Waals surface area (Å²) < 4.78 is 6.71. The number of ether oxygens (including phenoxy) is 1. The van der Waals surface area contributed by atoms with E-state index in [0.29, 0.717) is 12.0 Å². The average Bonchev–Trinajstić information content (AvgIpc) is 2.76. The van der Waals surface area contributed by atoms with E-state index in [0.717, 1.165) is 0 Å². The molecular weight excluding hydrogens is 240 g/mol. The van der Waals surface area contributed by atoms with Crippen LogP contribution in [0.15, 0.2) is 20.9 Å². The number of aromatic amines is 1. The van der Waals surface area contributed by atoms with E-state index in [1.165, 1.54) is 10.8 Å². The summed E-state index contributed by atoms with van der Waals surface area (Å²) in [5.41, 5.74) is 6.39. The van der Waals surface area contributed by atoms with Gasteiger partial charge in [-0.2, -0.15) is 5.11 Å². The molecule has 0 aromatic carbocycles. The number of nitrogens with zero attached hydrogens (tertiary/aromatic N) is 2. The monoisotopic (exact) mass is 254 g/mol. The van der Waals surface area contributed by atoms with E-state index in [-0.39, 0.29) is 6.61 Å². The third-order valence-electron chi connectivity index (χ3n) is 3.01. The maximum absolute atomic E-state index is 11.7. The number of rotatable bonds is 3. The van der Waals surface area contributed by atoms with Crippen LogP contribution in [0.2, 0.25) is 0 Å². The number of hydrogen-bond donors (Lipinski definition) is 3. The molecule has 1 saturated heterocycles. The summed E-state index contributed by atoms with van der Waals surface area (Å²) >= 11 is 0. The molecule has 1 fully saturated rings. The molecule has 98 valence electrons. The highest BCUT2D eigenvalue weighted by atomic mass is 16.5. The van der Waals surface area contributed by atoms with Crippen molar-refractivity contribution < 1.29 is 9.84 Å². The first-order valence-electron chi connectivity index (χ1n) is 5.51. The van der Waals surface area contributed by atoms with E-state index in [1.807, 2.05) is 0 Å². The largest absolute Gasteiger partial charge is 0.394 e. The van der Waals surface area contributed by atoms with Gasteiger partial charge in [0, 0.05) is 18.2 Å². The van der Waals surface area contributed by atoms with E-state index in [9.17, 15) is 9.59 Å². The van der Waals surface area contributed by atoms with Crippen LogP contribution in [0.5, 0.6) is 0 Å². The summed E-state index contributed by atoms with van der Waals surface area (Å²) in [6.07, 6.45) is 0.517. The second-order valence-corrected chi connectivity index (χ2v) is 4.22. The van der Waals surface area contributed by atoms with Crippen LogP contribution in [0.25, 0.3) is 0 Å². The molecule has 0 spiro atoms. The molecule has 2 heterocycles. The van der Waals surface area contributed by atoms with Gasteiger partial charge in [0.15, 0.2) is 0 Å². The number of H-pyrrole nitrogens is 1. The van der Waals surface area contributed by atoms with Crippen LogP contribution in [-0.2, 0) is 4.74 Å². The van der Waals surface area contributed by atoms with Gasteiger partial charge in [0.05, 0.1) is 6.61 Å².